The molecule has 7 heteroatoms. The van der Waals surface area contributed by atoms with Crippen LogP contribution in [0.5, 0.6) is 0 Å². The normalized spacial score (nSPS) is 19.0. The predicted octanol–water partition coefficient (Wildman–Crippen LogP) is 3.48. The SMILES string of the molecule is CCN1c2ccccc2C(=O)N(c2ccc(S(N)(=O)=O)cc2)C12CCCCC2. The maximum atomic E-state index is 13.6. The Balaban J connectivity index is 1.89. The monoisotopic (exact) mass is 399 g/mol. The highest BCUT2D eigenvalue weighted by molar-refractivity contribution is 7.89. The summed E-state index contributed by atoms with van der Waals surface area (Å²) in [7, 11) is -3.78. The molecule has 2 aromatic carbocycles. The van der Waals surface area contributed by atoms with Crippen molar-refractivity contribution in [2.24, 2.45) is 5.14 Å². The van der Waals surface area contributed by atoms with E-state index in [0.717, 1.165) is 44.3 Å². The molecule has 1 spiro atoms. The number of hydrogen-bond donors (Lipinski definition) is 1. The summed E-state index contributed by atoms with van der Waals surface area (Å²) in [4.78, 5) is 17.9. The van der Waals surface area contributed by atoms with Crippen LogP contribution in [0.2, 0.25) is 0 Å². The Kier molecular flexibility index (Phi) is 4.67. The molecule has 4 rings (SSSR count). The molecule has 1 amide bonds. The standard InChI is InChI=1S/C21H25N3O3S/c1-2-23-19-9-5-4-8-18(19)20(25)24(21(23)14-6-3-7-15-21)16-10-12-17(13-11-16)28(22,26)27/h4-5,8-13H,2-3,6-7,14-15H2,1H3,(H2,22,26,27). The molecule has 0 atom stereocenters. The van der Waals surface area contributed by atoms with E-state index in [1.807, 2.05) is 29.2 Å². The summed E-state index contributed by atoms with van der Waals surface area (Å²) in [6.45, 7) is 2.90. The molecule has 148 valence electrons. The number of anilines is 2. The Morgan fingerprint density at radius 2 is 1.64 bits per heavy atom. The van der Waals surface area contributed by atoms with Gasteiger partial charge in [-0.15, -0.1) is 0 Å². The summed E-state index contributed by atoms with van der Waals surface area (Å²) in [6.07, 6.45) is 5.04. The number of rotatable bonds is 3. The maximum absolute atomic E-state index is 13.6. The fourth-order valence-electron chi connectivity index (χ4n) is 4.76. The van der Waals surface area contributed by atoms with Gasteiger partial charge in [0.05, 0.1) is 16.1 Å². The molecule has 0 saturated heterocycles. The summed E-state index contributed by atoms with van der Waals surface area (Å²) in [5, 5.41) is 5.24. The van der Waals surface area contributed by atoms with Gasteiger partial charge in [0.1, 0.15) is 5.66 Å². The van der Waals surface area contributed by atoms with Crippen LogP contribution in [0, 0.1) is 0 Å². The average molecular weight is 400 g/mol. The van der Waals surface area contributed by atoms with E-state index in [1.54, 1.807) is 12.1 Å². The molecule has 0 radical (unpaired) electrons. The van der Waals surface area contributed by atoms with Crippen LogP contribution in [0.4, 0.5) is 11.4 Å². The van der Waals surface area contributed by atoms with Crippen molar-refractivity contribution < 1.29 is 13.2 Å². The molecule has 1 aliphatic carbocycles. The molecule has 0 unspecified atom stereocenters. The van der Waals surface area contributed by atoms with Gasteiger partial charge in [-0.25, -0.2) is 13.6 Å². The zero-order valence-electron chi connectivity index (χ0n) is 16.0. The fourth-order valence-corrected chi connectivity index (χ4v) is 5.28. The molecule has 1 fully saturated rings. The van der Waals surface area contributed by atoms with Crippen molar-refractivity contribution in [1.29, 1.82) is 0 Å². The number of carbonyl (C=O) groups excluding carboxylic acids is 1. The molecule has 2 N–H and O–H groups in total. The summed E-state index contributed by atoms with van der Waals surface area (Å²) in [6, 6.07) is 14.1. The highest BCUT2D eigenvalue weighted by Crippen LogP contribution is 2.46. The Bertz CT molecular complexity index is 996. The third-order valence-corrected chi connectivity index (χ3v) is 6.87. The molecule has 1 saturated carbocycles. The predicted molar refractivity (Wildman–Crippen MR) is 110 cm³/mol. The van der Waals surface area contributed by atoms with Crippen LogP contribution in [-0.4, -0.2) is 26.5 Å². The molecular weight excluding hydrogens is 374 g/mol. The molecule has 0 bridgehead atoms. The zero-order valence-corrected chi connectivity index (χ0v) is 16.8. The number of para-hydroxylation sites is 1. The summed E-state index contributed by atoms with van der Waals surface area (Å²) < 4.78 is 23.3. The van der Waals surface area contributed by atoms with Crippen molar-refractivity contribution in [1.82, 2.24) is 0 Å². The Labute approximate surface area is 166 Å². The molecule has 1 heterocycles. The lowest BCUT2D eigenvalue weighted by Gasteiger charge is -2.56. The molecular formula is C21H25N3O3S. The number of primary sulfonamides is 1. The van der Waals surface area contributed by atoms with Crippen molar-refractivity contribution in [3.05, 3.63) is 54.1 Å². The van der Waals surface area contributed by atoms with E-state index in [4.69, 9.17) is 5.14 Å². The minimum Gasteiger partial charge on any atom is -0.348 e. The van der Waals surface area contributed by atoms with Crippen LogP contribution in [0.1, 0.15) is 49.4 Å². The van der Waals surface area contributed by atoms with Gasteiger partial charge in [-0.1, -0.05) is 18.6 Å². The molecule has 2 aliphatic rings. The number of hydrogen-bond acceptors (Lipinski definition) is 4. The van der Waals surface area contributed by atoms with Gasteiger partial charge in [-0.05, 0) is 69.0 Å². The number of amides is 1. The fraction of sp³-hybridized carbons (Fsp3) is 0.381. The lowest BCUT2D eigenvalue weighted by molar-refractivity contribution is 0.0919. The number of carbonyl (C=O) groups is 1. The largest absolute Gasteiger partial charge is 0.348 e. The first-order valence-corrected chi connectivity index (χ1v) is 11.3. The van der Waals surface area contributed by atoms with E-state index >= 15 is 0 Å². The van der Waals surface area contributed by atoms with Crippen molar-refractivity contribution in [2.45, 2.75) is 49.6 Å². The zero-order chi connectivity index (χ0) is 19.9. The topological polar surface area (TPSA) is 83.7 Å². The molecule has 6 nitrogen and oxygen atoms in total. The van der Waals surface area contributed by atoms with Crippen LogP contribution in [0.3, 0.4) is 0 Å². The third kappa shape index (κ3) is 2.89. The van der Waals surface area contributed by atoms with Crippen molar-refractivity contribution >= 4 is 27.3 Å². The van der Waals surface area contributed by atoms with Gasteiger partial charge < -0.3 is 4.90 Å². The van der Waals surface area contributed by atoms with E-state index in [9.17, 15) is 13.2 Å². The number of nitrogens with zero attached hydrogens (tertiary/aromatic N) is 2. The summed E-state index contributed by atoms with van der Waals surface area (Å²) in [5.74, 6) is -0.0365. The maximum Gasteiger partial charge on any atom is 0.262 e. The van der Waals surface area contributed by atoms with Crippen molar-refractivity contribution in [3.63, 3.8) is 0 Å². The molecule has 2 aromatic rings. The van der Waals surface area contributed by atoms with Gasteiger partial charge in [-0.3, -0.25) is 9.69 Å². The second-order valence-corrected chi connectivity index (χ2v) is 9.05. The first kappa shape index (κ1) is 19.0. The van der Waals surface area contributed by atoms with Crippen LogP contribution < -0.4 is 14.9 Å². The number of fused-ring (bicyclic) bond motifs is 1. The van der Waals surface area contributed by atoms with Crippen molar-refractivity contribution in [2.75, 3.05) is 16.3 Å². The number of nitrogens with two attached hydrogens (primary N) is 1. The highest BCUT2D eigenvalue weighted by atomic mass is 32.2. The van der Waals surface area contributed by atoms with Crippen LogP contribution in [-0.2, 0) is 10.0 Å². The van der Waals surface area contributed by atoms with Gasteiger partial charge in [-0.2, -0.15) is 0 Å². The van der Waals surface area contributed by atoms with E-state index in [-0.39, 0.29) is 10.8 Å². The highest BCUT2D eigenvalue weighted by Gasteiger charge is 2.50. The van der Waals surface area contributed by atoms with Crippen LogP contribution in [0.25, 0.3) is 0 Å². The van der Waals surface area contributed by atoms with Gasteiger partial charge in [0, 0.05) is 12.2 Å². The smallest absolute Gasteiger partial charge is 0.262 e. The lowest BCUT2D eigenvalue weighted by atomic mass is 9.82. The Morgan fingerprint density at radius 1 is 1.00 bits per heavy atom. The van der Waals surface area contributed by atoms with Crippen LogP contribution in [0.15, 0.2) is 53.4 Å². The molecule has 28 heavy (non-hydrogen) atoms. The Hall–Kier alpha value is -2.38. The quantitative estimate of drug-likeness (QED) is 0.856. The van der Waals surface area contributed by atoms with Crippen molar-refractivity contribution in [3.8, 4) is 0 Å². The van der Waals surface area contributed by atoms with Gasteiger partial charge >= 0.3 is 0 Å². The minimum atomic E-state index is -3.78. The average Bonchev–Trinajstić information content (AvgIpc) is 2.69. The van der Waals surface area contributed by atoms with Gasteiger partial charge in [0.25, 0.3) is 5.91 Å². The van der Waals surface area contributed by atoms with E-state index in [1.165, 1.54) is 12.1 Å². The first-order chi connectivity index (χ1) is 13.4. The first-order valence-electron chi connectivity index (χ1n) is 9.72. The minimum absolute atomic E-state index is 0.0365. The van der Waals surface area contributed by atoms with Gasteiger partial charge in [0.15, 0.2) is 0 Å². The molecule has 0 aromatic heterocycles. The lowest BCUT2D eigenvalue weighted by Crippen LogP contribution is -2.67. The van der Waals surface area contributed by atoms with E-state index in [0.29, 0.717) is 11.3 Å². The number of benzene rings is 2. The van der Waals surface area contributed by atoms with E-state index < -0.39 is 15.7 Å². The van der Waals surface area contributed by atoms with E-state index in [2.05, 4.69) is 11.8 Å². The Morgan fingerprint density at radius 3 is 2.25 bits per heavy atom. The summed E-state index contributed by atoms with van der Waals surface area (Å²) in [5.41, 5.74) is 1.93. The van der Waals surface area contributed by atoms with Crippen LogP contribution >= 0.6 is 0 Å². The number of sulfonamides is 1. The third-order valence-electron chi connectivity index (χ3n) is 5.94. The van der Waals surface area contributed by atoms with Gasteiger partial charge in [0.2, 0.25) is 10.0 Å². The summed E-state index contributed by atoms with van der Waals surface area (Å²) >= 11 is 0. The molecule has 1 aliphatic heterocycles. The second-order valence-electron chi connectivity index (χ2n) is 7.48. The second kappa shape index (κ2) is 6.90.